The Labute approximate surface area is 130 Å². The summed E-state index contributed by atoms with van der Waals surface area (Å²) in [5, 5.41) is 1.19. The zero-order chi connectivity index (χ0) is 15.1. The normalized spacial score (nSPS) is 18.8. The van der Waals surface area contributed by atoms with Gasteiger partial charge in [0, 0.05) is 37.5 Å². The third kappa shape index (κ3) is 2.43. The number of hydrogen-bond donors (Lipinski definition) is 0. The van der Waals surface area contributed by atoms with Gasteiger partial charge in [0.25, 0.3) is 0 Å². The van der Waals surface area contributed by atoms with Gasteiger partial charge in [0.05, 0.1) is 5.52 Å². The number of anilines is 1. The SMILES string of the molecule is Cc1cc2ccccc2nc1N1CCN(C(=O)C2CC2)CC1. The second-order valence-electron chi connectivity index (χ2n) is 6.41. The molecule has 1 aromatic heterocycles. The summed E-state index contributed by atoms with van der Waals surface area (Å²) in [4.78, 5) is 21.3. The highest BCUT2D eigenvalue weighted by Gasteiger charge is 2.34. The molecule has 22 heavy (non-hydrogen) atoms. The molecule has 4 heteroatoms. The van der Waals surface area contributed by atoms with Crippen LogP contribution < -0.4 is 4.90 Å². The minimum Gasteiger partial charge on any atom is -0.353 e. The summed E-state index contributed by atoms with van der Waals surface area (Å²) in [6.45, 7) is 5.53. The monoisotopic (exact) mass is 295 g/mol. The predicted molar refractivity (Wildman–Crippen MR) is 88.0 cm³/mol. The Morgan fingerprint density at radius 3 is 2.59 bits per heavy atom. The highest BCUT2D eigenvalue weighted by atomic mass is 16.2. The number of carbonyl (C=O) groups excluding carboxylic acids is 1. The molecule has 0 N–H and O–H groups in total. The first-order valence-electron chi connectivity index (χ1n) is 8.12. The van der Waals surface area contributed by atoms with E-state index in [1.807, 2.05) is 17.0 Å². The number of hydrogen-bond acceptors (Lipinski definition) is 3. The van der Waals surface area contributed by atoms with Gasteiger partial charge in [-0.2, -0.15) is 0 Å². The van der Waals surface area contributed by atoms with Crippen LogP contribution in [-0.2, 0) is 4.79 Å². The van der Waals surface area contributed by atoms with Gasteiger partial charge in [-0.3, -0.25) is 4.79 Å². The number of para-hydroxylation sites is 1. The molecule has 1 aliphatic heterocycles. The molecule has 0 spiro atoms. The standard InChI is InChI=1S/C18H21N3O/c1-13-12-15-4-2-3-5-16(15)19-17(13)20-8-10-21(11-9-20)18(22)14-6-7-14/h2-5,12,14H,6-11H2,1H3. The van der Waals surface area contributed by atoms with E-state index in [1.165, 1.54) is 10.9 Å². The number of rotatable bonds is 2. The van der Waals surface area contributed by atoms with Crippen molar-refractivity contribution in [3.63, 3.8) is 0 Å². The quantitative estimate of drug-likeness (QED) is 0.854. The molecule has 2 aliphatic rings. The van der Waals surface area contributed by atoms with Crippen LogP contribution in [0.1, 0.15) is 18.4 Å². The number of aromatic nitrogens is 1. The van der Waals surface area contributed by atoms with Crippen molar-refractivity contribution in [3.8, 4) is 0 Å². The molecule has 0 radical (unpaired) electrons. The van der Waals surface area contributed by atoms with Crippen molar-refractivity contribution >= 4 is 22.6 Å². The molecule has 1 aromatic carbocycles. The Morgan fingerprint density at radius 1 is 1.14 bits per heavy atom. The lowest BCUT2D eigenvalue weighted by molar-refractivity contribution is -0.132. The van der Waals surface area contributed by atoms with E-state index in [2.05, 4.69) is 30.0 Å². The lowest BCUT2D eigenvalue weighted by Gasteiger charge is -2.36. The van der Waals surface area contributed by atoms with E-state index >= 15 is 0 Å². The van der Waals surface area contributed by atoms with Crippen LogP contribution in [-0.4, -0.2) is 42.0 Å². The van der Waals surface area contributed by atoms with Crippen LogP contribution in [0.3, 0.4) is 0 Å². The Kier molecular flexibility index (Phi) is 3.25. The average molecular weight is 295 g/mol. The van der Waals surface area contributed by atoms with Gasteiger partial charge in [-0.1, -0.05) is 18.2 Å². The van der Waals surface area contributed by atoms with Gasteiger partial charge in [-0.05, 0) is 37.5 Å². The number of aryl methyl sites for hydroxylation is 1. The van der Waals surface area contributed by atoms with Crippen molar-refractivity contribution in [2.75, 3.05) is 31.1 Å². The summed E-state index contributed by atoms with van der Waals surface area (Å²) in [5.74, 6) is 1.76. The van der Waals surface area contributed by atoms with E-state index in [0.29, 0.717) is 11.8 Å². The zero-order valence-corrected chi connectivity index (χ0v) is 13.0. The Balaban J connectivity index is 1.53. The molecule has 1 amide bonds. The lowest BCUT2D eigenvalue weighted by atomic mass is 10.1. The molecule has 1 saturated carbocycles. The van der Waals surface area contributed by atoms with Gasteiger partial charge < -0.3 is 9.80 Å². The van der Waals surface area contributed by atoms with Crippen LogP contribution in [0.4, 0.5) is 5.82 Å². The topological polar surface area (TPSA) is 36.4 Å². The predicted octanol–water partition coefficient (Wildman–Crippen LogP) is 2.60. The fourth-order valence-electron chi connectivity index (χ4n) is 3.26. The summed E-state index contributed by atoms with van der Waals surface area (Å²) in [6.07, 6.45) is 2.18. The fraction of sp³-hybridized carbons (Fsp3) is 0.444. The molecule has 2 heterocycles. The number of carbonyl (C=O) groups is 1. The number of pyridine rings is 1. The molecule has 1 aliphatic carbocycles. The maximum absolute atomic E-state index is 12.1. The van der Waals surface area contributed by atoms with Crippen LogP contribution in [0, 0.1) is 12.8 Å². The fourth-order valence-corrected chi connectivity index (χ4v) is 3.26. The third-order valence-corrected chi connectivity index (χ3v) is 4.71. The Morgan fingerprint density at radius 2 is 1.86 bits per heavy atom. The molecular formula is C18H21N3O. The van der Waals surface area contributed by atoms with Crippen molar-refractivity contribution < 1.29 is 4.79 Å². The van der Waals surface area contributed by atoms with Crippen LogP contribution in [0.2, 0.25) is 0 Å². The van der Waals surface area contributed by atoms with Gasteiger partial charge in [-0.25, -0.2) is 4.98 Å². The van der Waals surface area contributed by atoms with Crippen molar-refractivity contribution in [2.45, 2.75) is 19.8 Å². The summed E-state index contributed by atoms with van der Waals surface area (Å²) in [5.41, 5.74) is 2.25. The molecule has 4 rings (SSSR count). The largest absolute Gasteiger partial charge is 0.353 e. The number of benzene rings is 1. The minimum atomic E-state index is 0.326. The van der Waals surface area contributed by atoms with Crippen LogP contribution in [0.5, 0.6) is 0 Å². The molecule has 4 nitrogen and oxygen atoms in total. The number of amides is 1. The maximum Gasteiger partial charge on any atom is 0.225 e. The van der Waals surface area contributed by atoms with Crippen molar-refractivity contribution in [1.82, 2.24) is 9.88 Å². The second kappa shape index (κ2) is 5.27. The van der Waals surface area contributed by atoms with E-state index in [-0.39, 0.29) is 0 Å². The Bertz CT molecular complexity index is 715. The van der Waals surface area contributed by atoms with Gasteiger partial charge in [0.15, 0.2) is 0 Å². The van der Waals surface area contributed by atoms with Gasteiger partial charge >= 0.3 is 0 Å². The molecule has 1 saturated heterocycles. The van der Waals surface area contributed by atoms with Crippen molar-refractivity contribution in [3.05, 3.63) is 35.9 Å². The summed E-state index contributed by atoms with van der Waals surface area (Å²) >= 11 is 0. The highest BCUT2D eigenvalue weighted by molar-refractivity contribution is 5.82. The smallest absolute Gasteiger partial charge is 0.225 e. The van der Waals surface area contributed by atoms with E-state index in [1.54, 1.807) is 0 Å². The third-order valence-electron chi connectivity index (χ3n) is 4.71. The molecule has 2 fully saturated rings. The van der Waals surface area contributed by atoms with Crippen molar-refractivity contribution in [1.29, 1.82) is 0 Å². The zero-order valence-electron chi connectivity index (χ0n) is 13.0. The van der Waals surface area contributed by atoms with Crippen LogP contribution in [0.25, 0.3) is 10.9 Å². The van der Waals surface area contributed by atoms with E-state index < -0.39 is 0 Å². The molecule has 0 atom stereocenters. The summed E-state index contributed by atoms with van der Waals surface area (Å²) < 4.78 is 0. The average Bonchev–Trinajstić information content (AvgIpc) is 3.39. The maximum atomic E-state index is 12.1. The summed E-state index contributed by atoms with van der Waals surface area (Å²) in [6, 6.07) is 10.4. The molecule has 0 bridgehead atoms. The highest BCUT2D eigenvalue weighted by Crippen LogP contribution is 2.31. The lowest BCUT2D eigenvalue weighted by Crippen LogP contribution is -2.49. The number of piperazine rings is 1. The first kappa shape index (κ1) is 13.6. The van der Waals surface area contributed by atoms with E-state index in [9.17, 15) is 4.79 Å². The number of fused-ring (bicyclic) bond motifs is 1. The van der Waals surface area contributed by atoms with Crippen LogP contribution in [0.15, 0.2) is 30.3 Å². The second-order valence-corrected chi connectivity index (χ2v) is 6.41. The van der Waals surface area contributed by atoms with Gasteiger partial charge in [0.2, 0.25) is 5.91 Å². The first-order valence-corrected chi connectivity index (χ1v) is 8.12. The van der Waals surface area contributed by atoms with Crippen molar-refractivity contribution in [2.24, 2.45) is 5.92 Å². The molecule has 0 unspecified atom stereocenters. The van der Waals surface area contributed by atoms with Gasteiger partial charge in [-0.15, -0.1) is 0 Å². The Hall–Kier alpha value is -2.10. The summed E-state index contributed by atoms with van der Waals surface area (Å²) in [7, 11) is 0. The first-order chi connectivity index (χ1) is 10.7. The minimum absolute atomic E-state index is 0.326. The molecular weight excluding hydrogens is 274 g/mol. The number of nitrogens with zero attached hydrogens (tertiary/aromatic N) is 3. The van der Waals surface area contributed by atoms with Crippen LogP contribution >= 0.6 is 0 Å². The molecule has 2 aromatic rings. The van der Waals surface area contributed by atoms with Gasteiger partial charge in [0.1, 0.15) is 5.82 Å². The van der Waals surface area contributed by atoms with E-state index in [0.717, 1.165) is 50.4 Å². The van der Waals surface area contributed by atoms with E-state index in [4.69, 9.17) is 4.98 Å². The molecule has 114 valence electrons.